The first-order valence-electron chi connectivity index (χ1n) is 9.66. The molecule has 2 aliphatic heterocycles. The van der Waals surface area contributed by atoms with Crippen LogP contribution in [0, 0.1) is 5.41 Å². The number of rotatable bonds is 2. The molecule has 2 saturated heterocycles. The maximum Gasteiger partial charge on any atom is 0.323 e. The Morgan fingerprint density at radius 3 is 2.79 bits per heavy atom. The van der Waals surface area contributed by atoms with Gasteiger partial charge in [-0.3, -0.25) is 10.3 Å². The fourth-order valence-corrected chi connectivity index (χ4v) is 5.18. The zero-order chi connectivity index (χ0) is 19.0. The van der Waals surface area contributed by atoms with Crippen molar-refractivity contribution in [3.05, 3.63) is 42.7 Å². The van der Waals surface area contributed by atoms with Crippen molar-refractivity contribution in [1.29, 1.82) is 0 Å². The molecule has 0 unspecified atom stereocenters. The Kier molecular flexibility index (Phi) is 4.49. The average molecular weight is 395 g/mol. The molecule has 4 heterocycles. The van der Waals surface area contributed by atoms with Gasteiger partial charge in [-0.1, -0.05) is 41.7 Å². The first kappa shape index (κ1) is 17.6. The second-order valence-corrected chi connectivity index (χ2v) is 8.63. The smallest absolute Gasteiger partial charge is 0.323 e. The first-order valence-corrected chi connectivity index (χ1v) is 10.5. The van der Waals surface area contributed by atoms with Crippen LogP contribution in [0.1, 0.15) is 19.3 Å². The van der Waals surface area contributed by atoms with Crippen LogP contribution in [0.5, 0.6) is 0 Å². The molecular formula is C21H22N4O2S. The number of nitrogens with zero attached hydrogens (tertiary/aromatic N) is 3. The number of hydrogen-bond donors (Lipinski definition) is 1. The summed E-state index contributed by atoms with van der Waals surface area (Å²) in [6.07, 6.45) is 6.76. The van der Waals surface area contributed by atoms with Gasteiger partial charge < -0.3 is 9.64 Å². The van der Waals surface area contributed by atoms with Crippen LogP contribution in [0.15, 0.2) is 42.7 Å². The van der Waals surface area contributed by atoms with E-state index in [1.807, 2.05) is 29.3 Å². The van der Waals surface area contributed by atoms with Crippen molar-refractivity contribution < 1.29 is 9.53 Å². The van der Waals surface area contributed by atoms with E-state index in [2.05, 4.69) is 27.4 Å². The quantitative estimate of drug-likeness (QED) is 0.700. The van der Waals surface area contributed by atoms with E-state index in [0.29, 0.717) is 5.13 Å². The van der Waals surface area contributed by atoms with E-state index in [1.165, 1.54) is 11.3 Å². The highest BCUT2D eigenvalue weighted by Crippen LogP contribution is 2.40. The molecule has 2 amide bonds. The summed E-state index contributed by atoms with van der Waals surface area (Å²) in [6.45, 7) is 3.22. The van der Waals surface area contributed by atoms with Gasteiger partial charge in [0.25, 0.3) is 0 Å². The van der Waals surface area contributed by atoms with Gasteiger partial charge in [-0.2, -0.15) is 0 Å². The lowest BCUT2D eigenvalue weighted by Crippen LogP contribution is -2.37. The highest BCUT2D eigenvalue weighted by molar-refractivity contribution is 7.22. The maximum atomic E-state index is 12.8. The first-order chi connectivity index (χ1) is 13.7. The number of anilines is 1. The maximum absolute atomic E-state index is 12.8. The van der Waals surface area contributed by atoms with E-state index < -0.39 is 0 Å². The van der Waals surface area contributed by atoms with E-state index in [4.69, 9.17) is 4.74 Å². The lowest BCUT2D eigenvalue weighted by Gasteiger charge is -2.33. The molecule has 1 aromatic carbocycles. The number of hydrogen-bond acceptors (Lipinski definition) is 5. The minimum Gasteiger partial charge on any atom is -0.381 e. The third-order valence-corrected chi connectivity index (χ3v) is 6.90. The molecule has 3 aromatic rings. The normalized spacial score (nSPS) is 18.6. The number of likely N-dealkylation sites (tertiary alicyclic amines) is 1. The second kappa shape index (κ2) is 7.14. The van der Waals surface area contributed by atoms with Gasteiger partial charge in [0.05, 0.1) is 10.9 Å². The number of nitrogens with one attached hydrogen (secondary N) is 1. The van der Waals surface area contributed by atoms with Crippen LogP contribution in [0.3, 0.4) is 0 Å². The van der Waals surface area contributed by atoms with Gasteiger partial charge >= 0.3 is 6.03 Å². The SMILES string of the molecule is O=C(Nc1nc2cncc(-c3ccccc3)c2s1)N1CCC2(CCOCC2)C1. The Morgan fingerprint density at radius 1 is 1.14 bits per heavy atom. The largest absolute Gasteiger partial charge is 0.381 e. The fourth-order valence-electron chi connectivity index (χ4n) is 4.22. The van der Waals surface area contributed by atoms with Crippen molar-refractivity contribution in [3.8, 4) is 11.1 Å². The van der Waals surface area contributed by atoms with Crippen LogP contribution in [-0.2, 0) is 4.74 Å². The summed E-state index contributed by atoms with van der Waals surface area (Å²) in [5, 5.41) is 3.63. The molecule has 1 N–H and O–H groups in total. The van der Waals surface area contributed by atoms with Gasteiger partial charge in [0.15, 0.2) is 5.13 Å². The Labute approximate surface area is 167 Å². The Balaban J connectivity index is 1.35. The minimum atomic E-state index is -0.0587. The van der Waals surface area contributed by atoms with Crippen LogP contribution in [0.2, 0.25) is 0 Å². The van der Waals surface area contributed by atoms with Crippen molar-refractivity contribution in [1.82, 2.24) is 14.9 Å². The topological polar surface area (TPSA) is 67.4 Å². The van der Waals surface area contributed by atoms with Crippen molar-refractivity contribution in [2.24, 2.45) is 5.41 Å². The van der Waals surface area contributed by atoms with E-state index in [-0.39, 0.29) is 11.4 Å². The van der Waals surface area contributed by atoms with Gasteiger partial charge in [0.1, 0.15) is 5.52 Å². The molecule has 5 rings (SSSR count). The van der Waals surface area contributed by atoms with Gasteiger partial charge in [-0.05, 0) is 30.2 Å². The Morgan fingerprint density at radius 2 is 1.96 bits per heavy atom. The third kappa shape index (κ3) is 3.25. The molecule has 0 bridgehead atoms. The molecular weight excluding hydrogens is 372 g/mol. The molecule has 1 spiro atoms. The highest BCUT2D eigenvalue weighted by Gasteiger charge is 2.41. The van der Waals surface area contributed by atoms with Gasteiger partial charge in [-0.25, -0.2) is 9.78 Å². The summed E-state index contributed by atoms with van der Waals surface area (Å²) in [5.74, 6) is 0. The molecule has 2 aliphatic rings. The predicted molar refractivity (Wildman–Crippen MR) is 111 cm³/mol. The highest BCUT2D eigenvalue weighted by atomic mass is 32.1. The van der Waals surface area contributed by atoms with E-state index >= 15 is 0 Å². The number of fused-ring (bicyclic) bond motifs is 1. The summed E-state index contributed by atoms with van der Waals surface area (Å²) in [7, 11) is 0. The van der Waals surface area contributed by atoms with Crippen LogP contribution < -0.4 is 5.32 Å². The van der Waals surface area contributed by atoms with E-state index in [0.717, 1.165) is 66.9 Å². The number of urea groups is 1. The molecule has 7 heteroatoms. The number of thiazole rings is 1. The Bertz CT molecular complexity index is 998. The van der Waals surface area contributed by atoms with Gasteiger partial charge in [0, 0.05) is 38.1 Å². The number of carbonyl (C=O) groups is 1. The van der Waals surface area contributed by atoms with Gasteiger partial charge in [0.2, 0.25) is 0 Å². The average Bonchev–Trinajstić information content (AvgIpc) is 3.33. The second-order valence-electron chi connectivity index (χ2n) is 7.63. The molecule has 144 valence electrons. The number of ether oxygens (including phenoxy) is 1. The number of amides is 2. The predicted octanol–water partition coefficient (Wildman–Crippen LogP) is 4.39. The van der Waals surface area contributed by atoms with Crippen LogP contribution in [0.4, 0.5) is 9.93 Å². The van der Waals surface area contributed by atoms with Crippen molar-refractivity contribution in [3.63, 3.8) is 0 Å². The Hall–Kier alpha value is -2.51. The van der Waals surface area contributed by atoms with Crippen molar-refractivity contribution in [2.45, 2.75) is 19.3 Å². The third-order valence-electron chi connectivity index (χ3n) is 5.88. The van der Waals surface area contributed by atoms with Crippen LogP contribution in [-0.4, -0.2) is 47.2 Å². The lowest BCUT2D eigenvalue weighted by molar-refractivity contribution is 0.0211. The van der Waals surface area contributed by atoms with Crippen molar-refractivity contribution in [2.75, 3.05) is 31.6 Å². The standard InChI is InChI=1S/C21H22N4O2S/c26-20(25-9-6-21(14-25)7-10-27-11-8-21)24-19-23-17-13-22-12-16(18(17)28-19)15-4-2-1-3-5-15/h1-5,12-13H,6-11,14H2,(H,23,24,26). The molecule has 0 radical (unpaired) electrons. The van der Waals surface area contributed by atoms with Gasteiger partial charge in [-0.15, -0.1) is 0 Å². The summed E-state index contributed by atoms with van der Waals surface area (Å²) in [6, 6.07) is 10.1. The molecule has 6 nitrogen and oxygen atoms in total. The molecule has 2 aromatic heterocycles. The molecule has 0 atom stereocenters. The summed E-state index contributed by atoms with van der Waals surface area (Å²) < 4.78 is 6.54. The summed E-state index contributed by atoms with van der Waals surface area (Å²) in [4.78, 5) is 23.6. The molecule has 0 aliphatic carbocycles. The molecule has 2 fully saturated rings. The number of carbonyl (C=O) groups excluding carboxylic acids is 1. The summed E-state index contributed by atoms with van der Waals surface area (Å²) >= 11 is 1.50. The number of aromatic nitrogens is 2. The molecule has 0 saturated carbocycles. The zero-order valence-electron chi connectivity index (χ0n) is 15.6. The molecule has 28 heavy (non-hydrogen) atoms. The lowest BCUT2D eigenvalue weighted by atomic mass is 9.80. The van der Waals surface area contributed by atoms with E-state index in [9.17, 15) is 4.79 Å². The van der Waals surface area contributed by atoms with Crippen LogP contribution >= 0.6 is 11.3 Å². The fraction of sp³-hybridized carbons (Fsp3) is 0.381. The number of pyridine rings is 1. The van der Waals surface area contributed by atoms with E-state index in [1.54, 1.807) is 6.20 Å². The minimum absolute atomic E-state index is 0.0587. The monoisotopic (exact) mass is 394 g/mol. The summed E-state index contributed by atoms with van der Waals surface area (Å²) in [5.41, 5.74) is 3.19. The number of benzene rings is 1. The van der Waals surface area contributed by atoms with Crippen LogP contribution in [0.25, 0.3) is 21.3 Å². The zero-order valence-corrected chi connectivity index (χ0v) is 16.4. The van der Waals surface area contributed by atoms with Crippen molar-refractivity contribution >= 4 is 32.7 Å².